The summed E-state index contributed by atoms with van der Waals surface area (Å²) in [5, 5.41) is 12.6. The highest BCUT2D eigenvalue weighted by Crippen LogP contribution is 2.26. The van der Waals surface area contributed by atoms with E-state index in [9.17, 15) is 10.1 Å². The van der Waals surface area contributed by atoms with E-state index in [0.29, 0.717) is 6.54 Å². The molecular weight excluding hydrogens is 282 g/mol. The summed E-state index contributed by atoms with van der Waals surface area (Å²) < 4.78 is 10.4. The molecule has 0 aliphatic carbocycles. The van der Waals surface area contributed by atoms with Gasteiger partial charge in [-0.3, -0.25) is 4.79 Å². The Morgan fingerprint density at radius 1 is 1.41 bits per heavy atom. The van der Waals surface area contributed by atoms with Crippen molar-refractivity contribution in [3.05, 3.63) is 36.9 Å². The number of rotatable bonds is 6. The smallest absolute Gasteiger partial charge is 0.255 e. The van der Waals surface area contributed by atoms with E-state index in [4.69, 9.17) is 9.47 Å². The van der Waals surface area contributed by atoms with E-state index in [2.05, 4.69) is 18.0 Å². The molecule has 1 saturated heterocycles. The zero-order chi connectivity index (χ0) is 16.1. The summed E-state index contributed by atoms with van der Waals surface area (Å²) in [6.45, 7) is 3.95. The number of methoxy groups -OCH3 is 2. The molecule has 1 aliphatic rings. The lowest BCUT2D eigenvalue weighted by Crippen LogP contribution is -2.40. The van der Waals surface area contributed by atoms with E-state index < -0.39 is 18.2 Å². The lowest BCUT2D eigenvalue weighted by molar-refractivity contribution is -0.135. The highest BCUT2D eigenvalue weighted by molar-refractivity contribution is 5.86. The summed E-state index contributed by atoms with van der Waals surface area (Å²) in [6, 6.07) is 8.40. The molecule has 0 aromatic heterocycles. The molecule has 6 nitrogen and oxygen atoms in total. The number of nitrogens with zero attached hydrogens (tertiary/aromatic N) is 2. The Bertz CT molecular complexity index is 579. The van der Waals surface area contributed by atoms with Crippen LogP contribution in [-0.2, 0) is 9.53 Å². The van der Waals surface area contributed by atoms with Crippen LogP contribution in [-0.4, -0.2) is 49.8 Å². The maximum absolute atomic E-state index is 12.3. The van der Waals surface area contributed by atoms with Gasteiger partial charge in [0.05, 0.1) is 19.2 Å². The van der Waals surface area contributed by atoms with Gasteiger partial charge in [-0.15, -0.1) is 6.58 Å². The van der Waals surface area contributed by atoms with Crippen LogP contribution in [0.4, 0.5) is 5.69 Å². The first-order valence-corrected chi connectivity index (χ1v) is 6.90. The standard InChI is InChI=1S/C16H19N3O3/c1-4-9-19-13(10-17)14(15(22-3)16(19)20)18-11-5-7-12(21-2)8-6-11/h4-8,13-15,18H,1,9H2,2-3H3/t13-,14-,15+/m0/s1. The van der Waals surface area contributed by atoms with Crippen LogP contribution in [0.25, 0.3) is 0 Å². The van der Waals surface area contributed by atoms with E-state index >= 15 is 0 Å². The number of likely N-dealkylation sites (tertiary alicyclic amines) is 1. The molecular formula is C16H19N3O3. The van der Waals surface area contributed by atoms with E-state index in [1.54, 1.807) is 13.2 Å². The van der Waals surface area contributed by atoms with Crippen LogP contribution in [0.5, 0.6) is 5.75 Å². The SMILES string of the molecule is C=CCN1C(=O)[C@H](OC)[C@@H](Nc2ccc(OC)cc2)[C@@H]1C#N. The van der Waals surface area contributed by atoms with Crippen molar-refractivity contribution in [2.24, 2.45) is 0 Å². The van der Waals surface area contributed by atoms with Crippen molar-refractivity contribution in [1.29, 1.82) is 5.26 Å². The molecule has 1 aromatic carbocycles. The molecule has 22 heavy (non-hydrogen) atoms. The summed E-state index contributed by atoms with van der Waals surface area (Å²) in [6.07, 6.45) is 0.900. The molecule has 1 aromatic rings. The maximum atomic E-state index is 12.3. The second kappa shape index (κ2) is 6.96. The first-order chi connectivity index (χ1) is 10.7. The van der Waals surface area contributed by atoms with Gasteiger partial charge in [0.15, 0.2) is 6.10 Å². The third kappa shape index (κ3) is 2.90. The number of carbonyl (C=O) groups is 1. The number of amides is 1. The lowest BCUT2D eigenvalue weighted by Gasteiger charge is -2.22. The van der Waals surface area contributed by atoms with E-state index in [0.717, 1.165) is 11.4 Å². The number of hydrogen-bond donors (Lipinski definition) is 1. The lowest BCUT2D eigenvalue weighted by atomic mass is 10.1. The Morgan fingerprint density at radius 3 is 2.59 bits per heavy atom. The number of carbonyl (C=O) groups excluding carboxylic acids is 1. The molecule has 1 fully saturated rings. The van der Waals surface area contributed by atoms with Gasteiger partial charge in [-0.1, -0.05) is 6.08 Å². The van der Waals surface area contributed by atoms with Crippen molar-refractivity contribution in [2.45, 2.75) is 18.2 Å². The predicted molar refractivity (Wildman–Crippen MR) is 82.5 cm³/mol. The van der Waals surface area contributed by atoms with Crippen molar-refractivity contribution >= 4 is 11.6 Å². The van der Waals surface area contributed by atoms with Gasteiger partial charge in [0, 0.05) is 19.3 Å². The van der Waals surface area contributed by atoms with Crippen LogP contribution < -0.4 is 10.1 Å². The van der Waals surface area contributed by atoms with E-state index in [1.165, 1.54) is 12.0 Å². The summed E-state index contributed by atoms with van der Waals surface area (Å²) in [7, 11) is 3.06. The van der Waals surface area contributed by atoms with Crippen LogP contribution in [0, 0.1) is 11.3 Å². The fourth-order valence-corrected chi connectivity index (χ4v) is 2.59. The number of anilines is 1. The minimum atomic E-state index is -0.702. The Morgan fingerprint density at radius 2 is 2.09 bits per heavy atom. The Balaban J connectivity index is 2.23. The van der Waals surface area contributed by atoms with Crippen LogP contribution in [0.1, 0.15) is 0 Å². The van der Waals surface area contributed by atoms with Gasteiger partial charge in [-0.05, 0) is 24.3 Å². The molecule has 1 heterocycles. The molecule has 0 radical (unpaired) electrons. The number of ether oxygens (including phenoxy) is 2. The molecule has 0 saturated carbocycles. The number of nitrogens with one attached hydrogen (secondary N) is 1. The fraction of sp³-hybridized carbons (Fsp3) is 0.375. The highest BCUT2D eigenvalue weighted by Gasteiger charge is 2.48. The topological polar surface area (TPSA) is 74.6 Å². The number of nitriles is 1. The van der Waals surface area contributed by atoms with Crippen molar-refractivity contribution in [3.63, 3.8) is 0 Å². The average Bonchev–Trinajstić information content (AvgIpc) is 2.79. The van der Waals surface area contributed by atoms with Gasteiger partial charge in [0.25, 0.3) is 5.91 Å². The van der Waals surface area contributed by atoms with E-state index in [-0.39, 0.29) is 5.91 Å². The fourth-order valence-electron chi connectivity index (χ4n) is 2.59. The minimum absolute atomic E-state index is 0.208. The second-order valence-electron chi connectivity index (χ2n) is 4.91. The van der Waals surface area contributed by atoms with Gasteiger partial charge in [0.2, 0.25) is 0 Å². The maximum Gasteiger partial charge on any atom is 0.255 e. The molecule has 0 unspecified atom stereocenters. The van der Waals surface area contributed by atoms with Crippen molar-refractivity contribution in [3.8, 4) is 11.8 Å². The van der Waals surface area contributed by atoms with E-state index in [1.807, 2.05) is 24.3 Å². The summed E-state index contributed by atoms with van der Waals surface area (Å²) in [5.74, 6) is 0.529. The first-order valence-electron chi connectivity index (χ1n) is 6.90. The Hall–Kier alpha value is -2.52. The molecule has 116 valence electrons. The minimum Gasteiger partial charge on any atom is -0.497 e. The van der Waals surface area contributed by atoms with Crippen molar-refractivity contribution in [1.82, 2.24) is 4.90 Å². The molecule has 1 amide bonds. The number of hydrogen-bond acceptors (Lipinski definition) is 5. The van der Waals surface area contributed by atoms with Gasteiger partial charge in [-0.2, -0.15) is 5.26 Å². The molecule has 0 spiro atoms. The Labute approximate surface area is 129 Å². The zero-order valence-corrected chi connectivity index (χ0v) is 12.7. The third-order valence-corrected chi connectivity index (χ3v) is 3.66. The number of benzene rings is 1. The molecule has 0 bridgehead atoms. The molecule has 6 heteroatoms. The monoisotopic (exact) mass is 301 g/mol. The highest BCUT2D eigenvalue weighted by atomic mass is 16.5. The van der Waals surface area contributed by atoms with Gasteiger partial charge < -0.3 is 19.7 Å². The normalized spacial score (nSPS) is 24.0. The summed E-state index contributed by atoms with van der Waals surface area (Å²) in [4.78, 5) is 13.8. The van der Waals surface area contributed by atoms with Gasteiger partial charge in [-0.25, -0.2) is 0 Å². The largest absolute Gasteiger partial charge is 0.497 e. The average molecular weight is 301 g/mol. The van der Waals surface area contributed by atoms with Crippen molar-refractivity contribution < 1.29 is 14.3 Å². The Kier molecular flexibility index (Phi) is 5.02. The second-order valence-corrected chi connectivity index (χ2v) is 4.91. The molecule has 2 rings (SSSR count). The quantitative estimate of drug-likeness (QED) is 0.804. The predicted octanol–water partition coefficient (Wildman–Crippen LogP) is 1.41. The third-order valence-electron chi connectivity index (χ3n) is 3.66. The molecule has 1 N–H and O–H groups in total. The summed E-state index contributed by atoms with van der Waals surface area (Å²) >= 11 is 0. The van der Waals surface area contributed by atoms with Crippen LogP contribution in [0.3, 0.4) is 0 Å². The van der Waals surface area contributed by atoms with Crippen LogP contribution >= 0.6 is 0 Å². The molecule has 1 aliphatic heterocycles. The van der Waals surface area contributed by atoms with Gasteiger partial charge >= 0.3 is 0 Å². The van der Waals surface area contributed by atoms with Crippen LogP contribution in [0.2, 0.25) is 0 Å². The molecule has 3 atom stereocenters. The first kappa shape index (κ1) is 15.9. The van der Waals surface area contributed by atoms with Crippen molar-refractivity contribution in [2.75, 3.05) is 26.1 Å². The van der Waals surface area contributed by atoms with Crippen LogP contribution in [0.15, 0.2) is 36.9 Å². The van der Waals surface area contributed by atoms with Gasteiger partial charge in [0.1, 0.15) is 11.8 Å². The summed E-state index contributed by atoms with van der Waals surface area (Å²) in [5.41, 5.74) is 0.793. The zero-order valence-electron chi connectivity index (χ0n) is 12.7.